The Hall–Kier alpha value is -3.56. The van der Waals surface area contributed by atoms with Crippen molar-refractivity contribution in [3.63, 3.8) is 0 Å². The van der Waals surface area contributed by atoms with Crippen molar-refractivity contribution in [3.8, 4) is 0 Å². The van der Waals surface area contributed by atoms with Crippen LogP contribution in [-0.2, 0) is 60.9 Å². The van der Waals surface area contributed by atoms with Gasteiger partial charge in [-0.1, -0.05) is 69.2 Å². The maximum Gasteiger partial charge on any atom is 0.321 e. The summed E-state index contributed by atoms with van der Waals surface area (Å²) in [4.78, 5) is 57.1. The molecule has 1 aliphatic heterocycles. The number of hydrogen-bond donors (Lipinski definition) is 7. The molecule has 3 amide bonds. The Morgan fingerprint density at radius 3 is 1.85 bits per heavy atom. The van der Waals surface area contributed by atoms with E-state index in [0.29, 0.717) is 115 Å². The standard InChI is InChI=1S/C39H61N6O11PS.C2H6.CH4O/c1-31(46)42-17-20-51-22-24-53-26-28-55-29-27-54-25-23-52-21-18-45(41)39-33-11-5-4-10-32(33)30-44(35-13-7-6-12-34(35)38(39)40)37(48)15-14-36(47)43-16-8-2-3-9-19-56-57(49,50)58;2*1-2/h4-7,10-13H,2-3,8-9,14-30,40-41H2,1H3,(H,42,46)(H,43,47)(H2,49,50,58);1-2H3;2H,1H3/b39-38-;;. The minimum Gasteiger partial charge on any atom is -0.400 e. The lowest BCUT2D eigenvalue weighted by Crippen LogP contribution is -2.38. The van der Waals surface area contributed by atoms with Gasteiger partial charge < -0.3 is 69.4 Å². The minimum absolute atomic E-state index is 0.0111. The van der Waals surface area contributed by atoms with Crippen LogP contribution in [0.15, 0.2) is 48.5 Å². The van der Waals surface area contributed by atoms with Crippen molar-refractivity contribution >= 4 is 53.3 Å². The van der Waals surface area contributed by atoms with E-state index in [1.54, 1.807) is 9.91 Å². The van der Waals surface area contributed by atoms with Gasteiger partial charge in [-0.15, -0.1) is 0 Å². The number of nitrogens with one attached hydrogen (secondary N) is 2. The van der Waals surface area contributed by atoms with Gasteiger partial charge in [-0.3, -0.25) is 14.4 Å². The van der Waals surface area contributed by atoms with Crippen molar-refractivity contribution in [1.82, 2.24) is 15.6 Å². The number of para-hydroxylation sites is 1. The first-order chi connectivity index (χ1) is 30.0. The average molecular weight is 915 g/mol. The summed E-state index contributed by atoms with van der Waals surface area (Å²) in [6, 6.07) is 15.1. The zero-order valence-corrected chi connectivity index (χ0v) is 38.6. The number of unbranched alkanes of at least 4 members (excludes halogenated alkanes) is 3. The summed E-state index contributed by atoms with van der Waals surface area (Å²) in [6.07, 6.45) is 3.04. The Balaban J connectivity index is 0.00000466. The second kappa shape index (κ2) is 34.9. The molecular formula is C42H71N6O12PS. The minimum atomic E-state index is -3.62. The molecule has 0 saturated heterocycles. The van der Waals surface area contributed by atoms with Crippen LogP contribution in [0.3, 0.4) is 0 Å². The number of aliphatic hydroxyl groups is 1. The van der Waals surface area contributed by atoms with E-state index in [-0.39, 0.29) is 43.7 Å². The largest absolute Gasteiger partial charge is 0.400 e. The highest BCUT2D eigenvalue weighted by Crippen LogP contribution is 2.37. The number of carbonyl (C=O) groups is 3. The number of ether oxygens (including phenoxy) is 5. The molecular weight excluding hydrogens is 844 g/mol. The first kappa shape index (κ1) is 56.5. The SMILES string of the molecule is CC.CC(=O)NCCOCCOCCOCCOCCOCCN(N)/C1=C(\N)c2ccccc2N(C(=O)CCC(=O)NCCCCCCOP(O)(O)=S)Cc2ccccc21.CO. The molecule has 9 N–H and O–H groups in total. The molecule has 0 unspecified atom stereocenters. The van der Waals surface area contributed by atoms with Crippen LogP contribution in [0.5, 0.6) is 0 Å². The van der Waals surface area contributed by atoms with Gasteiger partial charge in [-0.05, 0) is 36.3 Å². The first-order valence-electron chi connectivity index (χ1n) is 21.0. The van der Waals surface area contributed by atoms with E-state index in [1.807, 2.05) is 62.4 Å². The molecule has 352 valence electrons. The number of benzene rings is 2. The van der Waals surface area contributed by atoms with Gasteiger partial charge in [0.25, 0.3) is 0 Å². The van der Waals surface area contributed by atoms with Crippen LogP contribution in [0, 0.1) is 0 Å². The highest BCUT2D eigenvalue weighted by atomic mass is 32.5. The number of nitrogens with zero attached hydrogens (tertiary/aromatic N) is 2. The average Bonchev–Trinajstić information content (AvgIpc) is 3.26. The molecule has 18 nitrogen and oxygen atoms in total. The Kier molecular flexibility index (Phi) is 31.8. The summed E-state index contributed by atoms with van der Waals surface area (Å²) < 4.78 is 32.5. The van der Waals surface area contributed by atoms with E-state index in [9.17, 15) is 14.4 Å². The van der Waals surface area contributed by atoms with Crippen molar-refractivity contribution in [1.29, 1.82) is 0 Å². The highest BCUT2D eigenvalue weighted by Gasteiger charge is 2.28. The normalized spacial score (nSPS) is 13.3. The fourth-order valence-corrected chi connectivity index (χ4v) is 6.47. The first-order valence-corrected chi connectivity index (χ1v) is 23.6. The Labute approximate surface area is 372 Å². The van der Waals surface area contributed by atoms with E-state index in [4.69, 9.17) is 54.7 Å². The lowest BCUT2D eigenvalue weighted by Gasteiger charge is -2.33. The summed E-state index contributed by atoms with van der Waals surface area (Å²) in [7, 11) is 1.00. The third kappa shape index (κ3) is 24.3. The monoisotopic (exact) mass is 914 g/mol. The second-order valence-corrected chi connectivity index (χ2v) is 15.9. The van der Waals surface area contributed by atoms with E-state index in [0.717, 1.165) is 37.5 Å². The third-order valence-electron chi connectivity index (χ3n) is 8.73. The molecule has 3 rings (SSSR count). The number of aliphatic hydroxyl groups excluding tert-OH is 1. The van der Waals surface area contributed by atoms with Gasteiger partial charge in [0, 0.05) is 51.1 Å². The zero-order chi connectivity index (χ0) is 46.0. The van der Waals surface area contributed by atoms with Gasteiger partial charge in [-0.25, -0.2) is 5.84 Å². The van der Waals surface area contributed by atoms with Crippen LogP contribution in [0.25, 0.3) is 11.4 Å². The molecule has 0 saturated carbocycles. The van der Waals surface area contributed by atoms with E-state index in [1.165, 1.54) is 6.92 Å². The molecule has 0 bridgehead atoms. The molecule has 0 fully saturated rings. The fourth-order valence-electron chi connectivity index (χ4n) is 5.88. The maximum atomic E-state index is 13.8. The van der Waals surface area contributed by atoms with Gasteiger partial charge >= 0.3 is 6.72 Å². The second-order valence-electron chi connectivity index (χ2n) is 13.2. The van der Waals surface area contributed by atoms with E-state index in [2.05, 4.69) is 22.4 Å². The van der Waals surface area contributed by atoms with Crippen LogP contribution in [0.1, 0.15) is 76.0 Å². The van der Waals surface area contributed by atoms with Gasteiger partial charge in [0.2, 0.25) is 17.7 Å². The van der Waals surface area contributed by atoms with Crippen molar-refractivity contribution in [2.45, 2.75) is 65.8 Å². The summed E-state index contributed by atoms with van der Waals surface area (Å²) >= 11 is 4.43. The van der Waals surface area contributed by atoms with Gasteiger partial charge in [0.1, 0.15) is 0 Å². The van der Waals surface area contributed by atoms with E-state index < -0.39 is 6.72 Å². The third-order valence-corrected chi connectivity index (χ3v) is 9.57. The van der Waals surface area contributed by atoms with Crippen molar-refractivity contribution in [2.24, 2.45) is 11.6 Å². The topological polar surface area (TPSA) is 250 Å². The van der Waals surface area contributed by atoms with Crippen molar-refractivity contribution < 1.29 is 57.5 Å². The summed E-state index contributed by atoms with van der Waals surface area (Å²) in [5.74, 6) is 6.16. The molecule has 0 aromatic heterocycles. The number of hydrogen-bond acceptors (Lipinski definition) is 14. The number of amides is 3. The maximum absolute atomic E-state index is 13.8. The zero-order valence-electron chi connectivity index (χ0n) is 36.9. The smallest absolute Gasteiger partial charge is 0.321 e. The summed E-state index contributed by atoms with van der Waals surface area (Å²) in [5.41, 5.74) is 10.8. The predicted molar refractivity (Wildman–Crippen MR) is 244 cm³/mol. The lowest BCUT2D eigenvalue weighted by atomic mass is 9.95. The Bertz CT molecular complexity index is 1640. The summed E-state index contributed by atoms with van der Waals surface area (Å²) in [5, 5.41) is 14.1. The van der Waals surface area contributed by atoms with E-state index >= 15 is 0 Å². The molecule has 1 aliphatic rings. The molecule has 20 heteroatoms. The number of nitrogens with two attached hydrogens (primary N) is 2. The molecule has 2 aromatic rings. The number of hydrazine groups is 1. The molecule has 1 heterocycles. The molecule has 62 heavy (non-hydrogen) atoms. The lowest BCUT2D eigenvalue weighted by molar-refractivity contribution is -0.125. The molecule has 0 aliphatic carbocycles. The van der Waals surface area contributed by atoms with Gasteiger partial charge in [0.05, 0.1) is 103 Å². The Morgan fingerprint density at radius 2 is 1.26 bits per heavy atom. The van der Waals surface area contributed by atoms with Crippen LogP contribution < -0.4 is 27.1 Å². The van der Waals surface area contributed by atoms with Crippen LogP contribution in [0.4, 0.5) is 5.69 Å². The number of carbonyl (C=O) groups excluding carboxylic acids is 3. The molecule has 0 atom stereocenters. The van der Waals surface area contributed by atoms with Crippen molar-refractivity contribution in [2.75, 3.05) is 104 Å². The predicted octanol–water partition coefficient (Wildman–Crippen LogP) is 3.03. The van der Waals surface area contributed by atoms with Crippen molar-refractivity contribution in [3.05, 3.63) is 65.2 Å². The number of rotatable bonds is 30. The van der Waals surface area contributed by atoms with Gasteiger partial charge in [0.15, 0.2) is 0 Å². The number of anilines is 1. The summed E-state index contributed by atoms with van der Waals surface area (Å²) in [6.45, 7) is 7.73. The van der Waals surface area contributed by atoms with Gasteiger partial charge in [-0.2, -0.15) is 0 Å². The number of fused-ring (bicyclic) bond motifs is 2. The van der Waals surface area contributed by atoms with Crippen LogP contribution in [-0.4, -0.2) is 137 Å². The molecule has 0 radical (unpaired) electrons. The highest BCUT2D eigenvalue weighted by molar-refractivity contribution is 8.06. The fraction of sp³-hybridized carbons (Fsp3) is 0.595. The van der Waals surface area contributed by atoms with Crippen LogP contribution >= 0.6 is 6.72 Å². The van der Waals surface area contributed by atoms with Crippen LogP contribution in [0.2, 0.25) is 0 Å². The molecule has 0 spiro atoms. The molecule has 2 aromatic carbocycles. The quantitative estimate of drug-likeness (QED) is 0.0258. The Morgan fingerprint density at radius 1 is 0.726 bits per heavy atom.